The van der Waals surface area contributed by atoms with Gasteiger partial charge in [-0.1, -0.05) is 5.16 Å². The van der Waals surface area contributed by atoms with Crippen LogP contribution in [0.1, 0.15) is 15.9 Å². The summed E-state index contributed by atoms with van der Waals surface area (Å²) >= 11 is 0. The third-order valence-corrected chi connectivity index (χ3v) is 2.73. The fourth-order valence-electron chi connectivity index (χ4n) is 1.84. The maximum absolute atomic E-state index is 13.8. The van der Waals surface area contributed by atoms with E-state index >= 15 is 0 Å². The molecule has 8 nitrogen and oxygen atoms in total. The summed E-state index contributed by atoms with van der Waals surface area (Å²) < 4.78 is 51.8. The van der Waals surface area contributed by atoms with Crippen molar-refractivity contribution >= 4 is 28.8 Å². The first kappa shape index (κ1) is 15.3. The number of oxime groups is 1. The van der Waals surface area contributed by atoms with E-state index in [1.165, 1.54) is 0 Å². The van der Waals surface area contributed by atoms with E-state index in [4.69, 9.17) is 5.21 Å². The van der Waals surface area contributed by atoms with Crippen LogP contribution in [0.15, 0.2) is 11.2 Å². The van der Waals surface area contributed by atoms with E-state index in [0.717, 1.165) is 0 Å². The number of ketones is 1. The molecule has 12 heteroatoms. The molecule has 0 aliphatic carbocycles. The van der Waals surface area contributed by atoms with Gasteiger partial charge in [0.2, 0.25) is 17.3 Å². The summed E-state index contributed by atoms with van der Waals surface area (Å²) in [5.74, 6) is -5.23. The summed E-state index contributed by atoms with van der Waals surface area (Å²) in [5.41, 5.74) is -7.04. The Kier molecular flexibility index (Phi) is 3.31. The van der Waals surface area contributed by atoms with Gasteiger partial charge in [0.1, 0.15) is 11.1 Å². The van der Waals surface area contributed by atoms with Crippen LogP contribution in [-0.4, -0.2) is 27.5 Å². The molecule has 0 spiro atoms. The molecule has 1 aliphatic heterocycles. The van der Waals surface area contributed by atoms with Crippen LogP contribution in [0.4, 0.5) is 28.9 Å². The SMILES string of the molecule is O=C1Nc2cc(C(F)(F)F)c(F)c([N+](=O)[O-])c2C(=O)/C1=N/O. The maximum atomic E-state index is 13.8. The highest BCUT2D eigenvalue weighted by molar-refractivity contribution is 6.73. The van der Waals surface area contributed by atoms with Gasteiger partial charge in [-0.3, -0.25) is 19.7 Å². The van der Waals surface area contributed by atoms with Gasteiger partial charge in [-0.15, -0.1) is 0 Å². The Bertz CT molecular complexity index is 756. The number of nitro benzene ring substituents is 1. The number of halogens is 4. The molecule has 1 heterocycles. The lowest BCUT2D eigenvalue weighted by atomic mass is 9.95. The lowest BCUT2D eigenvalue weighted by molar-refractivity contribution is -0.388. The second-order valence-electron chi connectivity index (χ2n) is 4.00. The Morgan fingerprint density at radius 2 is 1.91 bits per heavy atom. The van der Waals surface area contributed by atoms with E-state index in [1.807, 2.05) is 0 Å². The minimum atomic E-state index is -5.29. The van der Waals surface area contributed by atoms with Gasteiger partial charge in [-0.25, -0.2) is 0 Å². The lowest BCUT2D eigenvalue weighted by Crippen LogP contribution is -2.37. The van der Waals surface area contributed by atoms with Crippen LogP contribution >= 0.6 is 0 Å². The van der Waals surface area contributed by atoms with Crippen molar-refractivity contribution in [1.82, 2.24) is 0 Å². The van der Waals surface area contributed by atoms with Gasteiger partial charge < -0.3 is 10.5 Å². The zero-order valence-electron chi connectivity index (χ0n) is 10.1. The standard InChI is InChI=1S/C10H3F4N3O5/c11-5-2(10(12,13)14)1-3-4(7(5)17(21)22)8(18)6(16-20)9(19)15-3/h1,20H,(H,15,19)/b16-6-. The van der Waals surface area contributed by atoms with Crippen LogP contribution in [0.3, 0.4) is 0 Å². The molecule has 0 radical (unpaired) electrons. The number of amides is 1. The van der Waals surface area contributed by atoms with Gasteiger partial charge in [0.05, 0.1) is 10.6 Å². The number of nitro groups is 1. The zero-order valence-corrected chi connectivity index (χ0v) is 10.1. The van der Waals surface area contributed by atoms with Crippen LogP contribution in [-0.2, 0) is 11.0 Å². The predicted octanol–water partition coefficient (Wildman–Crippen LogP) is 1.72. The molecule has 0 atom stereocenters. The van der Waals surface area contributed by atoms with Crippen molar-refractivity contribution in [3.05, 3.63) is 33.1 Å². The molecule has 0 saturated heterocycles. The summed E-state index contributed by atoms with van der Waals surface area (Å²) in [7, 11) is 0. The van der Waals surface area contributed by atoms with Crippen molar-refractivity contribution in [3.63, 3.8) is 0 Å². The van der Waals surface area contributed by atoms with E-state index < -0.39 is 56.8 Å². The molecule has 1 aromatic carbocycles. The number of hydrogen-bond donors (Lipinski definition) is 2. The molecule has 1 amide bonds. The third-order valence-electron chi connectivity index (χ3n) is 2.73. The zero-order chi connectivity index (χ0) is 16.8. The molecule has 0 bridgehead atoms. The molecule has 1 aromatic rings. The first-order chi connectivity index (χ1) is 10.1. The Hall–Kier alpha value is -3.05. The van der Waals surface area contributed by atoms with Crippen LogP contribution in [0.25, 0.3) is 0 Å². The number of nitrogens with zero attached hydrogens (tertiary/aromatic N) is 2. The van der Waals surface area contributed by atoms with Gasteiger partial charge >= 0.3 is 11.9 Å². The van der Waals surface area contributed by atoms with Crippen molar-refractivity contribution in [1.29, 1.82) is 0 Å². The number of Topliss-reactive ketones (excluding diaryl/α,β-unsaturated/α-hetero) is 1. The number of alkyl halides is 3. The number of benzene rings is 1. The third kappa shape index (κ3) is 2.13. The Balaban J connectivity index is 2.89. The summed E-state index contributed by atoms with van der Waals surface area (Å²) in [4.78, 5) is 32.4. The van der Waals surface area contributed by atoms with Crippen LogP contribution in [0.2, 0.25) is 0 Å². The van der Waals surface area contributed by atoms with E-state index in [-0.39, 0.29) is 6.07 Å². The normalized spacial score (nSPS) is 16.5. The van der Waals surface area contributed by atoms with Crippen molar-refractivity contribution in [2.75, 3.05) is 5.32 Å². The van der Waals surface area contributed by atoms with Gasteiger partial charge in [-0.05, 0) is 6.07 Å². The fraction of sp³-hybridized carbons (Fsp3) is 0.100. The highest BCUT2D eigenvalue weighted by Crippen LogP contribution is 2.41. The average Bonchev–Trinajstić information content (AvgIpc) is 2.37. The lowest BCUT2D eigenvalue weighted by Gasteiger charge is -2.19. The summed E-state index contributed by atoms with van der Waals surface area (Å²) in [6, 6.07) is 0.0572. The first-order valence-corrected chi connectivity index (χ1v) is 5.25. The minimum Gasteiger partial charge on any atom is -0.410 e. The molecule has 0 aromatic heterocycles. The number of nitrogens with one attached hydrogen (secondary N) is 1. The first-order valence-electron chi connectivity index (χ1n) is 5.25. The van der Waals surface area contributed by atoms with Gasteiger partial charge in [0.15, 0.2) is 0 Å². The largest absolute Gasteiger partial charge is 0.419 e. The fourth-order valence-corrected chi connectivity index (χ4v) is 1.84. The second-order valence-corrected chi connectivity index (χ2v) is 4.00. The smallest absolute Gasteiger partial charge is 0.410 e. The summed E-state index contributed by atoms with van der Waals surface area (Å²) in [6.07, 6.45) is -5.29. The maximum Gasteiger partial charge on any atom is 0.419 e. The Labute approximate surface area is 117 Å². The number of carbonyl (C=O) groups excluding carboxylic acids is 2. The number of carbonyl (C=O) groups is 2. The van der Waals surface area contributed by atoms with Crippen molar-refractivity contribution in [3.8, 4) is 0 Å². The van der Waals surface area contributed by atoms with Crippen molar-refractivity contribution < 1.29 is 37.3 Å². The van der Waals surface area contributed by atoms with Gasteiger partial charge in [0.25, 0.3) is 5.91 Å². The number of hydrogen-bond acceptors (Lipinski definition) is 6. The molecule has 0 unspecified atom stereocenters. The highest BCUT2D eigenvalue weighted by atomic mass is 19.4. The molecular weight excluding hydrogens is 318 g/mol. The van der Waals surface area contributed by atoms with Gasteiger partial charge in [0, 0.05) is 0 Å². The van der Waals surface area contributed by atoms with E-state index in [0.29, 0.717) is 0 Å². The molecule has 116 valence electrons. The molecule has 2 rings (SSSR count). The number of fused-ring (bicyclic) bond motifs is 1. The van der Waals surface area contributed by atoms with Gasteiger partial charge in [-0.2, -0.15) is 17.6 Å². The number of rotatable bonds is 1. The topological polar surface area (TPSA) is 122 Å². The molecule has 2 N–H and O–H groups in total. The van der Waals surface area contributed by atoms with Crippen LogP contribution in [0.5, 0.6) is 0 Å². The van der Waals surface area contributed by atoms with Crippen LogP contribution < -0.4 is 5.32 Å². The average molecular weight is 321 g/mol. The quantitative estimate of drug-likeness (QED) is 0.353. The molecule has 0 saturated carbocycles. The van der Waals surface area contributed by atoms with Crippen molar-refractivity contribution in [2.24, 2.45) is 5.16 Å². The van der Waals surface area contributed by atoms with Crippen LogP contribution in [0, 0.1) is 15.9 Å². The number of anilines is 1. The van der Waals surface area contributed by atoms with E-state index in [9.17, 15) is 37.3 Å². The Morgan fingerprint density at radius 3 is 2.36 bits per heavy atom. The second kappa shape index (κ2) is 4.75. The molecule has 22 heavy (non-hydrogen) atoms. The Morgan fingerprint density at radius 1 is 1.32 bits per heavy atom. The molecular formula is C10H3F4N3O5. The molecule has 1 aliphatic rings. The van der Waals surface area contributed by atoms with E-state index in [1.54, 1.807) is 5.32 Å². The minimum absolute atomic E-state index is 0.0572. The molecule has 0 fully saturated rings. The summed E-state index contributed by atoms with van der Waals surface area (Å²) in [5, 5.41) is 23.3. The monoisotopic (exact) mass is 321 g/mol. The van der Waals surface area contributed by atoms with E-state index in [2.05, 4.69) is 5.16 Å². The summed E-state index contributed by atoms with van der Waals surface area (Å²) in [6.45, 7) is 0. The van der Waals surface area contributed by atoms with Crippen molar-refractivity contribution in [2.45, 2.75) is 6.18 Å². The highest BCUT2D eigenvalue weighted by Gasteiger charge is 2.45. The predicted molar refractivity (Wildman–Crippen MR) is 60.2 cm³/mol.